The minimum absolute atomic E-state index is 0.255. The second-order valence-corrected chi connectivity index (χ2v) is 4.96. The van der Waals surface area contributed by atoms with Crippen molar-refractivity contribution in [2.45, 2.75) is 19.8 Å². The fraction of sp³-hybridized carbons (Fsp3) is 0.231. The highest BCUT2D eigenvalue weighted by Gasteiger charge is 2.17. The number of rotatable bonds is 3. The number of benzene rings is 1. The Bertz CT molecular complexity index is 594. The second-order valence-electron chi connectivity index (χ2n) is 4.10. The third-order valence-corrected chi connectivity index (χ3v) is 3.65. The van der Waals surface area contributed by atoms with Gasteiger partial charge in [-0.25, -0.2) is 9.37 Å². The molecule has 0 aliphatic rings. The number of aryl methyl sites for hydroxylation is 1. The van der Waals surface area contributed by atoms with Crippen LogP contribution in [0.5, 0.6) is 0 Å². The molecule has 0 radical (unpaired) electrons. The van der Waals surface area contributed by atoms with E-state index in [4.69, 9.17) is 5.11 Å². The molecule has 5 heteroatoms. The quantitative estimate of drug-likeness (QED) is 0.924. The number of carbonyl (C=O) groups is 1. The first-order valence-corrected chi connectivity index (χ1v) is 6.31. The van der Waals surface area contributed by atoms with E-state index in [2.05, 4.69) is 4.98 Å². The van der Waals surface area contributed by atoms with Crippen LogP contribution in [0.2, 0.25) is 0 Å². The van der Waals surface area contributed by atoms with Crippen LogP contribution in [0.1, 0.15) is 24.1 Å². The van der Waals surface area contributed by atoms with E-state index < -0.39 is 11.9 Å². The predicted molar refractivity (Wildman–Crippen MR) is 68.3 cm³/mol. The monoisotopic (exact) mass is 265 g/mol. The third-order valence-electron chi connectivity index (χ3n) is 2.74. The maximum absolute atomic E-state index is 13.2. The van der Waals surface area contributed by atoms with Crippen LogP contribution < -0.4 is 0 Å². The predicted octanol–water partition coefficient (Wildman–Crippen LogP) is 3.45. The lowest BCUT2D eigenvalue weighted by atomic mass is 10.1. The molecular formula is C13H12FNO2S. The van der Waals surface area contributed by atoms with Crippen molar-refractivity contribution in [2.75, 3.05) is 0 Å². The van der Waals surface area contributed by atoms with Crippen LogP contribution in [0, 0.1) is 12.7 Å². The molecule has 0 aliphatic heterocycles. The molecule has 0 amide bonds. The molecule has 2 aromatic rings. The van der Waals surface area contributed by atoms with E-state index in [0.29, 0.717) is 16.3 Å². The van der Waals surface area contributed by atoms with Gasteiger partial charge in [0.25, 0.3) is 0 Å². The Morgan fingerprint density at radius 1 is 1.50 bits per heavy atom. The highest BCUT2D eigenvalue weighted by atomic mass is 32.1. The molecule has 1 atom stereocenters. The number of aliphatic carboxylic acids is 1. The Morgan fingerprint density at radius 2 is 2.22 bits per heavy atom. The topological polar surface area (TPSA) is 50.2 Å². The van der Waals surface area contributed by atoms with Crippen molar-refractivity contribution >= 4 is 17.3 Å². The van der Waals surface area contributed by atoms with Crippen LogP contribution in [0.25, 0.3) is 10.6 Å². The van der Waals surface area contributed by atoms with Gasteiger partial charge in [0, 0.05) is 10.9 Å². The van der Waals surface area contributed by atoms with Crippen LogP contribution in [0.3, 0.4) is 0 Å². The molecule has 0 bridgehead atoms. The number of halogens is 1. The van der Waals surface area contributed by atoms with Gasteiger partial charge >= 0.3 is 5.97 Å². The Morgan fingerprint density at radius 3 is 2.83 bits per heavy atom. The third kappa shape index (κ3) is 2.41. The number of thiazole rings is 1. The number of hydrogen-bond donors (Lipinski definition) is 1. The lowest BCUT2D eigenvalue weighted by Gasteiger charge is -2.01. The Kier molecular flexibility index (Phi) is 3.43. The SMILES string of the molecule is Cc1cc(-c2nc(C(C)C(=O)O)cs2)ccc1F. The van der Waals surface area contributed by atoms with Gasteiger partial charge in [-0.05, 0) is 37.6 Å². The van der Waals surface area contributed by atoms with Crippen molar-refractivity contribution in [3.8, 4) is 10.6 Å². The van der Waals surface area contributed by atoms with Crippen LogP contribution in [-0.2, 0) is 4.79 Å². The summed E-state index contributed by atoms with van der Waals surface area (Å²) in [6.07, 6.45) is 0. The summed E-state index contributed by atoms with van der Waals surface area (Å²) in [5.74, 6) is -1.78. The fourth-order valence-electron chi connectivity index (χ4n) is 1.52. The molecule has 1 aromatic heterocycles. The van der Waals surface area contributed by atoms with Gasteiger partial charge in [-0.2, -0.15) is 0 Å². The van der Waals surface area contributed by atoms with Crippen molar-refractivity contribution in [2.24, 2.45) is 0 Å². The number of aromatic nitrogens is 1. The van der Waals surface area contributed by atoms with Crippen molar-refractivity contribution in [1.82, 2.24) is 4.98 Å². The van der Waals surface area contributed by atoms with Crippen molar-refractivity contribution in [1.29, 1.82) is 0 Å². The average molecular weight is 265 g/mol. The van der Waals surface area contributed by atoms with Crippen LogP contribution >= 0.6 is 11.3 Å². The molecule has 1 aromatic carbocycles. The summed E-state index contributed by atoms with van der Waals surface area (Å²) >= 11 is 1.37. The van der Waals surface area contributed by atoms with Crippen molar-refractivity contribution < 1.29 is 14.3 Å². The van der Waals surface area contributed by atoms with E-state index in [1.165, 1.54) is 17.4 Å². The summed E-state index contributed by atoms with van der Waals surface area (Å²) in [5.41, 5.74) is 1.89. The van der Waals surface area contributed by atoms with Gasteiger partial charge in [0.15, 0.2) is 0 Å². The minimum Gasteiger partial charge on any atom is -0.481 e. The van der Waals surface area contributed by atoms with Gasteiger partial charge in [-0.1, -0.05) is 0 Å². The van der Waals surface area contributed by atoms with E-state index in [1.54, 1.807) is 31.4 Å². The van der Waals surface area contributed by atoms with Gasteiger partial charge in [0.05, 0.1) is 11.6 Å². The lowest BCUT2D eigenvalue weighted by Crippen LogP contribution is -2.07. The first-order chi connectivity index (χ1) is 8.49. The van der Waals surface area contributed by atoms with Crippen LogP contribution in [-0.4, -0.2) is 16.1 Å². The normalized spacial score (nSPS) is 12.4. The highest BCUT2D eigenvalue weighted by Crippen LogP contribution is 2.28. The largest absolute Gasteiger partial charge is 0.481 e. The van der Waals surface area contributed by atoms with Crippen molar-refractivity contribution in [3.63, 3.8) is 0 Å². The van der Waals surface area contributed by atoms with Crippen LogP contribution in [0.4, 0.5) is 4.39 Å². The minimum atomic E-state index is -0.901. The zero-order valence-corrected chi connectivity index (χ0v) is 10.8. The van der Waals surface area contributed by atoms with Crippen molar-refractivity contribution in [3.05, 3.63) is 40.7 Å². The lowest BCUT2D eigenvalue weighted by molar-refractivity contribution is -0.138. The summed E-state index contributed by atoms with van der Waals surface area (Å²) in [5, 5.41) is 11.3. The summed E-state index contributed by atoms with van der Waals surface area (Å²) in [4.78, 5) is 15.1. The molecule has 1 unspecified atom stereocenters. The highest BCUT2D eigenvalue weighted by molar-refractivity contribution is 7.13. The molecule has 18 heavy (non-hydrogen) atoms. The summed E-state index contributed by atoms with van der Waals surface area (Å²) < 4.78 is 13.2. The maximum Gasteiger partial charge on any atom is 0.312 e. The molecule has 0 spiro atoms. The smallest absolute Gasteiger partial charge is 0.312 e. The van der Waals surface area contributed by atoms with Gasteiger partial charge in [0.1, 0.15) is 10.8 Å². The molecule has 0 fully saturated rings. The molecule has 3 nitrogen and oxygen atoms in total. The van der Waals surface area contributed by atoms with Gasteiger partial charge in [0.2, 0.25) is 0 Å². The van der Waals surface area contributed by atoms with E-state index in [0.717, 1.165) is 5.56 Å². The fourth-order valence-corrected chi connectivity index (χ4v) is 2.43. The van der Waals surface area contributed by atoms with Gasteiger partial charge < -0.3 is 5.11 Å². The Balaban J connectivity index is 2.35. The maximum atomic E-state index is 13.2. The van der Waals surface area contributed by atoms with Gasteiger partial charge in [-0.3, -0.25) is 4.79 Å². The molecule has 0 saturated heterocycles. The standard InChI is InChI=1S/C13H12FNO2S/c1-7-5-9(3-4-10(7)14)12-15-11(6-18-12)8(2)13(16)17/h3-6,8H,1-2H3,(H,16,17). The first kappa shape index (κ1) is 12.7. The first-order valence-electron chi connectivity index (χ1n) is 5.44. The molecule has 1 heterocycles. The molecule has 1 N–H and O–H groups in total. The molecule has 2 rings (SSSR count). The molecular weight excluding hydrogens is 253 g/mol. The summed E-state index contributed by atoms with van der Waals surface area (Å²) in [7, 11) is 0. The van der Waals surface area contributed by atoms with E-state index in [-0.39, 0.29) is 5.82 Å². The summed E-state index contributed by atoms with van der Waals surface area (Å²) in [6, 6.07) is 4.76. The average Bonchev–Trinajstić information content (AvgIpc) is 2.81. The van der Waals surface area contributed by atoms with Gasteiger partial charge in [-0.15, -0.1) is 11.3 Å². The van der Waals surface area contributed by atoms with Crippen LogP contribution in [0.15, 0.2) is 23.6 Å². The Hall–Kier alpha value is -1.75. The molecule has 0 saturated carbocycles. The Labute approximate surface area is 108 Å². The number of nitrogens with zero attached hydrogens (tertiary/aromatic N) is 1. The second kappa shape index (κ2) is 4.86. The number of carboxylic acids is 1. The summed E-state index contributed by atoms with van der Waals surface area (Å²) in [6.45, 7) is 3.28. The van der Waals surface area contributed by atoms with E-state index in [1.807, 2.05) is 0 Å². The number of carboxylic acid groups (broad SMARTS) is 1. The van der Waals surface area contributed by atoms with E-state index >= 15 is 0 Å². The zero-order valence-electron chi connectivity index (χ0n) is 9.98. The molecule has 0 aliphatic carbocycles. The van der Waals surface area contributed by atoms with E-state index in [9.17, 15) is 9.18 Å². The number of hydrogen-bond acceptors (Lipinski definition) is 3. The zero-order chi connectivity index (χ0) is 13.3. The molecule has 94 valence electrons.